The summed E-state index contributed by atoms with van der Waals surface area (Å²) in [5, 5.41) is 0. The number of H-pyrrole nitrogens is 1. The van der Waals surface area contributed by atoms with Gasteiger partial charge >= 0.3 is 0 Å². The molecule has 0 fully saturated rings. The summed E-state index contributed by atoms with van der Waals surface area (Å²) in [6.07, 6.45) is 1.69. The second-order valence-corrected chi connectivity index (χ2v) is 8.25. The van der Waals surface area contributed by atoms with Crippen LogP contribution in [0.25, 0.3) is 22.6 Å². The van der Waals surface area contributed by atoms with Crippen molar-refractivity contribution < 1.29 is 23.2 Å². The van der Waals surface area contributed by atoms with Gasteiger partial charge < -0.3 is 23.9 Å². The van der Waals surface area contributed by atoms with Crippen LogP contribution in [0.15, 0.2) is 59.6 Å². The van der Waals surface area contributed by atoms with Crippen LogP contribution < -0.4 is 18.9 Å². The number of nitrogens with zero attached hydrogens (tertiary/aromatic N) is 2. The van der Waals surface area contributed by atoms with E-state index >= 15 is 0 Å². The van der Waals surface area contributed by atoms with Crippen LogP contribution in [0, 0.1) is 0 Å². The molecule has 0 radical (unpaired) electrons. The van der Waals surface area contributed by atoms with Crippen LogP contribution in [0.3, 0.4) is 0 Å². The molecular formula is C23H23N3O5S. The normalized spacial score (nSPS) is 11.8. The summed E-state index contributed by atoms with van der Waals surface area (Å²) in [5.41, 5.74) is 2.21. The zero-order valence-electron chi connectivity index (χ0n) is 18.0. The predicted octanol–water partition coefficient (Wildman–Crippen LogP) is 3.84. The van der Waals surface area contributed by atoms with E-state index in [2.05, 4.69) is 15.0 Å². The molecule has 2 aromatic heterocycles. The van der Waals surface area contributed by atoms with Gasteiger partial charge in [0.05, 0.1) is 53.9 Å². The Morgan fingerprint density at radius 2 is 1.84 bits per heavy atom. The molecule has 2 aromatic carbocycles. The van der Waals surface area contributed by atoms with E-state index in [1.54, 1.807) is 44.7 Å². The van der Waals surface area contributed by atoms with Gasteiger partial charge in [0.2, 0.25) is 0 Å². The average Bonchev–Trinajstić information content (AvgIpc) is 3.27. The third-order valence-electron chi connectivity index (χ3n) is 4.84. The van der Waals surface area contributed by atoms with Crippen molar-refractivity contribution >= 4 is 22.0 Å². The number of imidazole rings is 1. The fourth-order valence-electron chi connectivity index (χ4n) is 3.29. The number of benzene rings is 2. The molecule has 1 N–H and O–H groups in total. The number of aromatic nitrogens is 3. The number of pyridine rings is 1. The Labute approximate surface area is 188 Å². The van der Waals surface area contributed by atoms with Crippen molar-refractivity contribution in [1.82, 2.24) is 15.0 Å². The molecule has 9 heteroatoms. The first kappa shape index (κ1) is 21.6. The van der Waals surface area contributed by atoms with Crippen LogP contribution in [0.1, 0.15) is 0 Å². The standard InChI is InChI=1S/C23H23N3O5S/c1-28-15-9-10-16(22-25-17-6-5-11-24-23(17)26-22)19(14-15)31-12-13-32(27)20-8-4-7-18(29-2)21(20)30-3/h4-11,14H,12-13H2,1-3H3,(H,24,25,26). The van der Waals surface area contributed by atoms with Gasteiger partial charge in [-0.25, -0.2) is 9.97 Å². The number of fused-ring (bicyclic) bond motifs is 1. The van der Waals surface area contributed by atoms with Crippen molar-refractivity contribution in [3.8, 4) is 34.4 Å². The lowest BCUT2D eigenvalue weighted by molar-refractivity contribution is 0.338. The Bertz CT molecular complexity index is 1220. The van der Waals surface area contributed by atoms with Gasteiger partial charge in [0.15, 0.2) is 17.1 Å². The summed E-state index contributed by atoms with van der Waals surface area (Å²) in [6, 6.07) is 14.5. The first-order valence-corrected chi connectivity index (χ1v) is 11.2. The second-order valence-electron chi connectivity index (χ2n) is 6.71. The third-order valence-corrected chi connectivity index (χ3v) is 6.19. The lowest BCUT2D eigenvalue weighted by atomic mass is 10.2. The summed E-state index contributed by atoms with van der Waals surface area (Å²) in [5.74, 6) is 3.11. The molecule has 1 unspecified atom stereocenters. The Hall–Kier alpha value is -3.59. The van der Waals surface area contributed by atoms with Crippen LogP contribution in [0.4, 0.5) is 0 Å². The van der Waals surface area contributed by atoms with Crippen molar-refractivity contribution in [2.24, 2.45) is 0 Å². The molecule has 166 valence electrons. The van der Waals surface area contributed by atoms with Gasteiger partial charge in [-0.05, 0) is 36.4 Å². The maximum absolute atomic E-state index is 12.9. The minimum atomic E-state index is -1.35. The number of hydrogen-bond donors (Lipinski definition) is 1. The van der Waals surface area contributed by atoms with Gasteiger partial charge in [-0.3, -0.25) is 4.21 Å². The molecule has 32 heavy (non-hydrogen) atoms. The van der Waals surface area contributed by atoms with Gasteiger partial charge in [0, 0.05) is 12.3 Å². The SMILES string of the molecule is COc1ccc(-c2nc3ncccc3[nH]2)c(OCCS(=O)c2cccc(OC)c2OC)c1. The van der Waals surface area contributed by atoms with Gasteiger partial charge in [-0.2, -0.15) is 0 Å². The average molecular weight is 454 g/mol. The third kappa shape index (κ3) is 4.38. The fraction of sp³-hybridized carbons (Fsp3) is 0.217. The molecule has 8 nitrogen and oxygen atoms in total. The summed E-state index contributed by atoms with van der Waals surface area (Å²) in [4.78, 5) is 12.6. The Balaban J connectivity index is 1.55. The molecule has 0 amide bonds. The molecule has 0 spiro atoms. The number of ether oxygens (including phenoxy) is 4. The fourth-order valence-corrected chi connectivity index (χ4v) is 4.37. The maximum Gasteiger partial charge on any atom is 0.178 e. The number of nitrogens with one attached hydrogen (secondary N) is 1. The number of methoxy groups -OCH3 is 3. The zero-order valence-corrected chi connectivity index (χ0v) is 18.8. The molecule has 4 rings (SSSR count). The van der Waals surface area contributed by atoms with Gasteiger partial charge in [-0.1, -0.05) is 6.07 Å². The lowest BCUT2D eigenvalue weighted by Gasteiger charge is -2.14. The van der Waals surface area contributed by atoms with Crippen molar-refractivity contribution in [2.75, 3.05) is 33.7 Å². The Morgan fingerprint density at radius 3 is 2.59 bits per heavy atom. The van der Waals surface area contributed by atoms with Gasteiger partial charge in [0.1, 0.15) is 23.9 Å². The predicted molar refractivity (Wildman–Crippen MR) is 122 cm³/mol. The smallest absolute Gasteiger partial charge is 0.178 e. The summed E-state index contributed by atoms with van der Waals surface area (Å²) >= 11 is 0. The highest BCUT2D eigenvalue weighted by atomic mass is 32.2. The largest absolute Gasteiger partial charge is 0.497 e. The molecule has 2 heterocycles. The van der Waals surface area contributed by atoms with Gasteiger partial charge in [0.25, 0.3) is 0 Å². The molecule has 0 saturated heterocycles. The number of hydrogen-bond acceptors (Lipinski definition) is 7. The minimum Gasteiger partial charge on any atom is -0.497 e. The molecule has 0 bridgehead atoms. The van der Waals surface area contributed by atoms with E-state index in [0.717, 1.165) is 11.1 Å². The molecule has 0 saturated carbocycles. The van der Waals surface area contributed by atoms with Crippen LogP contribution in [0.2, 0.25) is 0 Å². The topological polar surface area (TPSA) is 95.6 Å². The highest BCUT2D eigenvalue weighted by Crippen LogP contribution is 2.34. The monoisotopic (exact) mass is 453 g/mol. The first-order chi connectivity index (χ1) is 15.6. The number of aromatic amines is 1. The van der Waals surface area contributed by atoms with E-state index in [4.69, 9.17) is 18.9 Å². The molecule has 0 aliphatic heterocycles. The van der Waals surface area contributed by atoms with Crippen molar-refractivity contribution in [3.63, 3.8) is 0 Å². The number of rotatable bonds is 9. The molecular weight excluding hydrogens is 430 g/mol. The van der Waals surface area contributed by atoms with E-state index in [1.807, 2.05) is 24.3 Å². The maximum atomic E-state index is 12.9. The van der Waals surface area contributed by atoms with Crippen molar-refractivity contribution in [2.45, 2.75) is 4.90 Å². The van der Waals surface area contributed by atoms with Crippen LogP contribution in [-0.4, -0.2) is 52.8 Å². The number of para-hydroxylation sites is 1. The van der Waals surface area contributed by atoms with Crippen molar-refractivity contribution in [1.29, 1.82) is 0 Å². The minimum absolute atomic E-state index is 0.214. The lowest BCUT2D eigenvalue weighted by Crippen LogP contribution is -2.10. The van der Waals surface area contributed by atoms with E-state index in [9.17, 15) is 4.21 Å². The summed E-state index contributed by atoms with van der Waals surface area (Å²) in [7, 11) is 3.32. The zero-order chi connectivity index (χ0) is 22.5. The van der Waals surface area contributed by atoms with Crippen LogP contribution in [0.5, 0.6) is 23.0 Å². The van der Waals surface area contributed by atoms with Crippen molar-refractivity contribution in [3.05, 3.63) is 54.7 Å². The Kier molecular flexibility index (Phi) is 6.55. The van der Waals surface area contributed by atoms with Crippen LogP contribution in [-0.2, 0) is 10.8 Å². The summed E-state index contributed by atoms with van der Waals surface area (Å²) in [6.45, 7) is 0.214. The molecule has 1 atom stereocenters. The highest BCUT2D eigenvalue weighted by molar-refractivity contribution is 7.85. The van der Waals surface area contributed by atoms with E-state index in [-0.39, 0.29) is 12.4 Å². The highest BCUT2D eigenvalue weighted by Gasteiger charge is 2.17. The van der Waals surface area contributed by atoms with Gasteiger partial charge in [-0.15, -0.1) is 0 Å². The second kappa shape index (κ2) is 9.69. The molecule has 4 aromatic rings. The van der Waals surface area contributed by atoms with E-state index in [0.29, 0.717) is 39.4 Å². The molecule has 0 aliphatic carbocycles. The Morgan fingerprint density at radius 1 is 0.969 bits per heavy atom. The van der Waals surface area contributed by atoms with E-state index < -0.39 is 10.8 Å². The van der Waals surface area contributed by atoms with E-state index in [1.165, 1.54) is 7.11 Å². The quantitative estimate of drug-likeness (QED) is 0.411. The summed E-state index contributed by atoms with van der Waals surface area (Å²) < 4.78 is 35.0. The molecule has 0 aliphatic rings. The first-order valence-electron chi connectivity index (χ1n) is 9.86. The van der Waals surface area contributed by atoms with Crippen LogP contribution >= 0.6 is 0 Å².